The lowest BCUT2D eigenvalue weighted by Crippen LogP contribution is -2.37. The third kappa shape index (κ3) is 8.41. The predicted molar refractivity (Wildman–Crippen MR) is 109 cm³/mol. The van der Waals surface area contributed by atoms with E-state index in [9.17, 15) is 9.59 Å². The Morgan fingerprint density at radius 1 is 1.11 bits per heavy atom. The predicted octanol–water partition coefficient (Wildman–Crippen LogP) is 4.58. The quantitative estimate of drug-likeness (QED) is 0.504. The Balaban J connectivity index is 2.42. The van der Waals surface area contributed by atoms with E-state index in [-0.39, 0.29) is 5.78 Å². The zero-order valence-electron chi connectivity index (χ0n) is 17.8. The van der Waals surface area contributed by atoms with Crippen LogP contribution in [0.25, 0.3) is 0 Å². The smallest absolute Gasteiger partial charge is 0.407 e. The van der Waals surface area contributed by atoms with Gasteiger partial charge in [-0.15, -0.1) is 0 Å². The van der Waals surface area contributed by atoms with Crippen LogP contribution in [0, 0.1) is 0 Å². The number of anilines is 1. The highest BCUT2D eigenvalue weighted by Gasteiger charge is 2.17. The molecule has 6 heteroatoms. The Bertz CT molecular complexity index is 596. The second-order valence-electron chi connectivity index (χ2n) is 8.31. The SMILES string of the molecule is CC(C)N(c1ccc(C(=O)CCCCNC(=O)OC(C)(C)C)cn1)C(C)C. The molecule has 0 fully saturated rings. The number of aromatic nitrogens is 1. The van der Waals surface area contributed by atoms with Crippen LogP contribution in [-0.2, 0) is 4.74 Å². The van der Waals surface area contributed by atoms with Crippen molar-refractivity contribution in [2.24, 2.45) is 0 Å². The summed E-state index contributed by atoms with van der Waals surface area (Å²) in [6.07, 6.45) is 3.11. The van der Waals surface area contributed by atoms with Crippen molar-refractivity contribution in [2.45, 2.75) is 85.4 Å². The van der Waals surface area contributed by atoms with Crippen LogP contribution in [0.5, 0.6) is 0 Å². The van der Waals surface area contributed by atoms with E-state index in [2.05, 4.69) is 42.9 Å². The van der Waals surface area contributed by atoms with Gasteiger partial charge in [-0.2, -0.15) is 0 Å². The molecule has 0 aliphatic rings. The standard InChI is InChI=1S/C21H35N3O3/c1-15(2)24(16(3)4)19-12-11-17(14-23-19)18(25)10-8-9-13-22-20(26)27-21(5,6)7/h11-12,14-16H,8-10,13H2,1-7H3,(H,22,26). The number of carbonyl (C=O) groups excluding carboxylic acids is 2. The number of hydrogen-bond acceptors (Lipinski definition) is 5. The molecule has 0 saturated heterocycles. The number of unbranched alkanes of at least 4 members (excludes halogenated alkanes) is 1. The Morgan fingerprint density at radius 3 is 2.22 bits per heavy atom. The van der Waals surface area contributed by atoms with Gasteiger partial charge in [0.1, 0.15) is 11.4 Å². The topological polar surface area (TPSA) is 71.5 Å². The van der Waals surface area contributed by atoms with Gasteiger partial charge in [-0.1, -0.05) is 0 Å². The molecule has 0 bridgehead atoms. The normalized spacial score (nSPS) is 11.6. The lowest BCUT2D eigenvalue weighted by molar-refractivity contribution is 0.0527. The van der Waals surface area contributed by atoms with Crippen LogP contribution in [-0.4, -0.2) is 41.1 Å². The minimum atomic E-state index is -0.500. The van der Waals surface area contributed by atoms with E-state index in [0.29, 0.717) is 37.0 Å². The molecule has 0 aliphatic heterocycles. The molecule has 1 amide bonds. The van der Waals surface area contributed by atoms with E-state index in [1.807, 2.05) is 32.9 Å². The third-order valence-corrected chi connectivity index (χ3v) is 3.95. The van der Waals surface area contributed by atoms with Gasteiger partial charge in [-0.05, 0) is 73.4 Å². The number of hydrogen-bond donors (Lipinski definition) is 1. The van der Waals surface area contributed by atoms with E-state index in [0.717, 1.165) is 12.2 Å². The zero-order chi connectivity index (χ0) is 20.6. The Hall–Kier alpha value is -2.11. The molecule has 0 spiro atoms. The number of nitrogens with zero attached hydrogens (tertiary/aromatic N) is 2. The molecule has 1 N–H and O–H groups in total. The summed E-state index contributed by atoms with van der Waals surface area (Å²) < 4.78 is 5.17. The fraction of sp³-hybridized carbons (Fsp3) is 0.667. The maximum atomic E-state index is 12.3. The average Bonchev–Trinajstić information content (AvgIpc) is 2.52. The molecular formula is C21H35N3O3. The minimum Gasteiger partial charge on any atom is -0.444 e. The number of rotatable bonds is 9. The van der Waals surface area contributed by atoms with Crippen LogP contribution in [0.2, 0.25) is 0 Å². The number of amides is 1. The van der Waals surface area contributed by atoms with Gasteiger partial charge in [0.25, 0.3) is 0 Å². The fourth-order valence-corrected chi connectivity index (χ4v) is 2.89. The van der Waals surface area contributed by atoms with E-state index < -0.39 is 11.7 Å². The summed E-state index contributed by atoms with van der Waals surface area (Å²) in [6.45, 7) is 14.5. The molecule has 6 nitrogen and oxygen atoms in total. The van der Waals surface area contributed by atoms with Gasteiger partial charge in [0.15, 0.2) is 5.78 Å². The molecule has 1 aromatic heterocycles. The van der Waals surface area contributed by atoms with E-state index >= 15 is 0 Å². The van der Waals surface area contributed by atoms with Gasteiger partial charge in [0.2, 0.25) is 0 Å². The molecule has 0 radical (unpaired) electrons. The number of carbonyl (C=O) groups is 2. The monoisotopic (exact) mass is 377 g/mol. The minimum absolute atomic E-state index is 0.0759. The first-order valence-corrected chi connectivity index (χ1v) is 9.75. The highest BCUT2D eigenvalue weighted by molar-refractivity contribution is 5.95. The van der Waals surface area contributed by atoms with Crippen molar-refractivity contribution in [3.8, 4) is 0 Å². The summed E-state index contributed by atoms with van der Waals surface area (Å²) >= 11 is 0. The number of ketones is 1. The molecule has 27 heavy (non-hydrogen) atoms. The van der Waals surface area contributed by atoms with Crippen LogP contribution in [0.3, 0.4) is 0 Å². The average molecular weight is 378 g/mol. The van der Waals surface area contributed by atoms with Crippen LogP contribution in [0.1, 0.15) is 78.1 Å². The van der Waals surface area contributed by atoms with Gasteiger partial charge in [0.05, 0.1) is 0 Å². The van der Waals surface area contributed by atoms with Gasteiger partial charge in [-0.3, -0.25) is 4.79 Å². The third-order valence-electron chi connectivity index (χ3n) is 3.95. The summed E-state index contributed by atoms with van der Waals surface area (Å²) in [7, 11) is 0. The van der Waals surface area contributed by atoms with Crippen LogP contribution in [0.4, 0.5) is 10.6 Å². The molecule has 0 atom stereocenters. The Labute approximate surface area is 163 Å². The molecule has 0 aliphatic carbocycles. The van der Waals surface area contributed by atoms with E-state index in [1.165, 1.54) is 0 Å². The maximum absolute atomic E-state index is 12.3. The van der Waals surface area contributed by atoms with Crippen molar-refractivity contribution in [3.63, 3.8) is 0 Å². The van der Waals surface area contributed by atoms with Crippen molar-refractivity contribution in [1.29, 1.82) is 0 Å². The van der Waals surface area contributed by atoms with Gasteiger partial charge in [-0.25, -0.2) is 9.78 Å². The second kappa shape index (κ2) is 10.3. The van der Waals surface area contributed by atoms with Crippen molar-refractivity contribution in [1.82, 2.24) is 10.3 Å². The Kier molecular flexibility index (Phi) is 8.73. The highest BCUT2D eigenvalue weighted by atomic mass is 16.6. The Morgan fingerprint density at radius 2 is 1.74 bits per heavy atom. The molecule has 0 saturated carbocycles. The molecular weight excluding hydrogens is 342 g/mol. The maximum Gasteiger partial charge on any atom is 0.407 e. The van der Waals surface area contributed by atoms with E-state index in [4.69, 9.17) is 4.74 Å². The van der Waals surface area contributed by atoms with Crippen molar-refractivity contribution >= 4 is 17.7 Å². The molecule has 1 heterocycles. The second-order valence-corrected chi connectivity index (χ2v) is 8.31. The number of Topliss-reactive ketones (excluding diaryl/α,β-unsaturated/α-hetero) is 1. The van der Waals surface area contributed by atoms with Crippen LogP contribution >= 0.6 is 0 Å². The van der Waals surface area contributed by atoms with Crippen molar-refractivity contribution in [2.75, 3.05) is 11.4 Å². The molecule has 0 aromatic carbocycles. The first-order chi connectivity index (χ1) is 12.5. The first-order valence-electron chi connectivity index (χ1n) is 9.75. The van der Waals surface area contributed by atoms with Crippen molar-refractivity contribution < 1.29 is 14.3 Å². The molecule has 0 unspecified atom stereocenters. The fourth-order valence-electron chi connectivity index (χ4n) is 2.89. The molecule has 1 rings (SSSR count). The molecule has 152 valence electrons. The lowest BCUT2D eigenvalue weighted by Gasteiger charge is -2.31. The van der Waals surface area contributed by atoms with Gasteiger partial charge < -0.3 is 15.0 Å². The van der Waals surface area contributed by atoms with Crippen LogP contribution in [0.15, 0.2) is 18.3 Å². The van der Waals surface area contributed by atoms with Gasteiger partial charge in [0, 0.05) is 36.8 Å². The summed E-state index contributed by atoms with van der Waals surface area (Å²) in [4.78, 5) is 30.6. The molecule has 1 aromatic rings. The summed E-state index contributed by atoms with van der Waals surface area (Å²) in [5.41, 5.74) is 0.131. The van der Waals surface area contributed by atoms with Crippen molar-refractivity contribution in [3.05, 3.63) is 23.9 Å². The lowest BCUT2D eigenvalue weighted by atomic mass is 10.1. The van der Waals surface area contributed by atoms with Crippen LogP contribution < -0.4 is 10.2 Å². The largest absolute Gasteiger partial charge is 0.444 e. The number of alkyl carbamates (subject to hydrolysis) is 1. The summed E-state index contributed by atoms with van der Waals surface area (Å²) in [5, 5.41) is 2.70. The number of ether oxygens (including phenoxy) is 1. The summed E-state index contributed by atoms with van der Waals surface area (Å²) in [6, 6.07) is 4.45. The zero-order valence-corrected chi connectivity index (χ0v) is 17.8. The highest BCUT2D eigenvalue weighted by Crippen LogP contribution is 2.18. The summed E-state index contributed by atoms with van der Waals surface area (Å²) in [5.74, 6) is 0.963. The number of nitrogens with one attached hydrogen (secondary N) is 1. The first kappa shape index (κ1) is 22.9. The number of pyridine rings is 1. The van der Waals surface area contributed by atoms with E-state index in [1.54, 1.807) is 6.20 Å². The van der Waals surface area contributed by atoms with Gasteiger partial charge >= 0.3 is 6.09 Å².